The molecular weight excluding hydrogens is 276 g/mol. The van der Waals surface area contributed by atoms with Crippen molar-refractivity contribution in [2.24, 2.45) is 0 Å². The van der Waals surface area contributed by atoms with Gasteiger partial charge in [-0.25, -0.2) is 8.42 Å². The topological polar surface area (TPSA) is 58.6 Å². The minimum Gasteiger partial charge on any atom is -0.497 e. The number of rotatable bonds is 5. The number of methoxy groups -OCH3 is 1. The van der Waals surface area contributed by atoms with Crippen LogP contribution in [0.25, 0.3) is 0 Å². The van der Waals surface area contributed by atoms with Crippen LogP contribution in [0.3, 0.4) is 0 Å². The number of benzene rings is 1. The van der Waals surface area contributed by atoms with Gasteiger partial charge in [0, 0.05) is 19.1 Å². The van der Waals surface area contributed by atoms with Gasteiger partial charge in [-0.2, -0.15) is 4.31 Å². The van der Waals surface area contributed by atoms with Crippen molar-refractivity contribution in [2.45, 2.75) is 30.2 Å². The molecule has 1 fully saturated rings. The van der Waals surface area contributed by atoms with Gasteiger partial charge in [0.25, 0.3) is 0 Å². The van der Waals surface area contributed by atoms with Crippen LogP contribution in [0.15, 0.2) is 29.2 Å². The highest BCUT2D eigenvalue weighted by molar-refractivity contribution is 7.89. The third-order valence-corrected chi connectivity index (χ3v) is 5.64. The van der Waals surface area contributed by atoms with Gasteiger partial charge in [0.2, 0.25) is 10.0 Å². The molecule has 0 aromatic heterocycles. The van der Waals surface area contributed by atoms with E-state index in [0.29, 0.717) is 23.7 Å². The Morgan fingerprint density at radius 1 is 1.30 bits per heavy atom. The first kappa shape index (κ1) is 15.3. The summed E-state index contributed by atoms with van der Waals surface area (Å²) in [4.78, 5) is 0.335. The van der Waals surface area contributed by atoms with Crippen molar-refractivity contribution in [1.82, 2.24) is 9.62 Å². The standard InChI is InChI=1S/C14H22N2O3S/c1-15-11-12-5-3-4-10-16(12)20(17,18)14-8-6-13(19-2)7-9-14/h6-9,12,15H,3-5,10-11H2,1-2H3. The molecule has 1 aliphatic heterocycles. The molecule has 1 saturated heterocycles. The first-order valence-electron chi connectivity index (χ1n) is 6.90. The van der Waals surface area contributed by atoms with Crippen LogP contribution in [-0.2, 0) is 10.0 Å². The van der Waals surface area contributed by atoms with E-state index in [-0.39, 0.29) is 6.04 Å². The normalized spacial score (nSPS) is 20.8. The van der Waals surface area contributed by atoms with E-state index < -0.39 is 10.0 Å². The molecule has 1 aromatic carbocycles. The molecule has 0 aliphatic carbocycles. The molecule has 6 heteroatoms. The minimum absolute atomic E-state index is 0.0425. The number of ether oxygens (including phenoxy) is 1. The molecule has 1 aromatic rings. The second-order valence-electron chi connectivity index (χ2n) is 5.00. The molecule has 1 N–H and O–H groups in total. The van der Waals surface area contributed by atoms with E-state index in [2.05, 4.69) is 5.32 Å². The number of sulfonamides is 1. The van der Waals surface area contributed by atoms with Gasteiger partial charge in [0.05, 0.1) is 12.0 Å². The number of hydrogen-bond donors (Lipinski definition) is 1. The minimum atomic E-state index is -3.42. The van der Waals surface area contributed by atoms with Gasteiger partial charge in [0.1, 0.15) is 5.75 Å². The van der Waals surface area contributed by atoms with Crippen molar-refractivity contribution in [3.05, 3.63) is 24.3 Å². The molecule has 0 bridgehead atoms. The lowest BCUT2D eigenvalue weighted by atomic mass is 10.1. The lowest BCUT2D eigenvalue weighted by Gasteiger charge is -2.34. The van der Waals surface area contributed by atoms with E-state index in [9.17, 15) is 8.42 Å². The average Bonchev–Trinajstić information content (AvgIpc) is 2.48. The summed E-state index contributed by atoms with van der Waals surface area (Å²) in [6, 6.07) is 6.63. The average molecular weight is 298 g/mol. The van der Waals surface area contributed by atoms with E-state index in [1.807, 2.05) is 7.05 Å². The summed E-state index contributed by atoms with van der Waals surface area (Å²) in [5.74, 6) is 0.661. The van der Waals surface area contributed by atoms with Crippen LogP contribution in [-0.4, -0.2) is 46.0 Å². The van der Waals surface area contributed by atoms with Gasteiger partial charge in [0.15, 0.2) is 0 Å². The second-order valence-corrected chi connectivity index (χ2v) is 6.89. The lowest BCUT2D eigenvalue weighted by Crippen LogP contribution is -2.47. The van der Waals surface area contributed by atoms with E-state index in [1.165, 1.54) is 0 Å². The summed E-state index contributed by atoms with van der Waals surface area (Å²) < 4.78 is 32.2. The van der Waals surface area contributed by atoms with Crippen LogP contribution >= 0.6 is 0 Å². The summed E-state index contributed by atoms with van der Waals surface area (Å²) in [7, 11) is -0.0000914. The van der Waals surface area contributed by atoms with Crippen molar-refractivity contribution in [1.29, 1.82) is 0 Å². The van der Waals surface area contributed by atoms with Crippen LogP contribution < -0.4 is 10.1 Å². The Bertz CT molecular complexity index is 526. The molecule has 0 radical (unpaired) electrons. The molecule has 1 aliphatic rings. The third-order valence-electron chi connectivity index (χ3n) is 3.68. The van der Waals surface area contributed by atoms with Crippen LogP contribution in [0.1, 0.15) is 19.3 Å². The highest BCUT2D eigenvalue weighted by atomic mass is 32.2. The highest BCUT2D eigenvalue weighted by Gasteiger charge is 2.32. The molecule has 0 amide bonds. The lowest BCUT2D eigenvalue weighted by molar-refractivity contribution is 0.249. The highest BCUT2D eigenvalue weighted by Crippen LogP contribution is 2.26. The van der Waals surface area contributed by atoms with Crippen LogP contribution in [0.5, 0.6) is 5.75 Å². The predicted molar refractivity (Wildman–Crippen MR) is 78.5 cm³/mol. The Morgan fingerprint density at radius 2 is 2.00 bits per heavy atom. The summed E-state index contributed by atoms with van der Waals surface area (Å²) in [6.07, 6.45) is 2.92. The zero-order chi connectivity index (χ0) is 14.6. The maximum atomic E-state index is 12.7. The summed E-state index contributed by atoms with van der Waals surface area (Å²) in [5, 5.41) is 3.08. The van der Waals surface area contributed by atoms with Gasteiger partial charge in [-0.3, -0.25) is 0 Å². The number of piperidine rings is 1. The number of likely N-dealkylation sites (N-methyl/N-ethyl adjacent to an activating group) is 1. The Morgan fingerprint density at radius 3 is 2.60 bits per heavy atom. The quantitative estimate of drug-likeness (QED) is 0.894. The van der Waals surface area contributed by atoms with Gasteiger partial charge >= 0.3 is 0 Å². The Labute approximate surface area is 121 Å². The van der Waals surface area contributed by atoms with Gasteiger partial charge in [-0.1, -0.05) is 6.42 Å². The fraction of sp³-hybridized carbons (Fsp3) is 0.571. The largest absolute Gasteiger partial charge is 0.497 e. The van der Waals surface area contributed by atoms with Crippen molar-refractivity contribution < 1.29 is 13.2 Å². The number of nitrogens with one attached hydrogen (secondary N) is 1. The number of hydrogen-bond acceptors (Lipinski definition) is 4. The maximum Gasteiger partial charge on any atom is 0.243 e. The van der Waals surface area contributed by atoms with Crippen molar-refractivity contribution >= 4 is 10.0 Å². The van der Waals surface area contributed by atoms with E-state index in [1.54, 1.807) is 35.7 Å². The van der Waals surface area contributed by atoms with Gasteiger partial charge in [-0.05, 0) is 44.2 Å². The number of nitrogens with zero attached hydrogens (tertiary/aromatic N) is 1. The van der Waals surface area contributed by atoms with Crippen molar-refractivity contribution in [3.8, 4) is 5.75 Å². The molecule has 1 unspecified atom stereocenters. The zero-order valence-corrected chi connectivity index (χ0v) is 12.8. The molecule has 20 heavy (non-hydrogen) atoms. The summed E-state index contributed by atoms with van der Waals surface area (Å²) in [6.45, 7) is 1.29. The summed E-state index contributed by atoms with van der Waals surface area (Å²) in [5.41, 5.74) is 0. The van der Waals surface area contributed by atoms with E-state index in [4.69, 9.17) is 4.74 Å². The van der Waals surface area contributed by atoms with Crippen molar-refractivity contribution in [3.63, 3.8) is 0 Å². The Hall–Kier alpha value is -1.11. The predicted octanol–water partition coefficient (Wildman–Crippen LogP) is 1.46. The monoisotopic (exact) mass is 298 g/mol. The molecule has 1 heterocycles. The molecule has 5 nitrogen and oxygen atoms in total. The third kappa shape index (κ3) is 3.13. The summed E-state index contributed by atoms with van der Waals surface area (Å²) >= 11 is 0. The molecule has 0 saturated carbocycles. The van der Waals surface area contributed by atoms with Crippen molar-refractivity contribution in [2.75, 3.05) is 27.2 Å². The van der Waals surface area contributed by atoms with Gasteiger partial charge in [-0.15, -0.1) is 0 Å². The fourth-order valence-corrected chi connectivity index (χ4v) is 4.31. The maximum absolute atomic E-state index is 12.7. The Kier molecular flexibility index (Phi) is 5.01. The fourth-order valence-electron chi connectivity index (χ4n) is 2.61. The molecule has 1 atom stereocenters. The van der Waals surface area contributed by atoms with Crippen LogP contribution in [0, 0.1) is 0 Å². The molecular formula is C14H22N2O3S. The molecule has 0 spiro atoms. The Balaban J connectivity index is 2.26. The second kappa shape index (κ2) is 6.56. The van der Waals surface area contributed by atoms with Crippen LogP contribution in [0.4, 0.5) is 0 Å². The molecule has 112 valence electrons. The van der Waals surface area contributed by atoms with E-state index in [0.717, 1.165) is 19.3 Å². The van der Waals surface area contributed by atoms with Crippen LogP contribution in [0.2, 0.25) is 0 Å². The molecule has 2 rings (SSSR count). The first-order chi connectivity index (χ1) is 9.59. The van der Waals surface area contributed by atoms with Gasteiger partial charge < -0.3 is 10.1 Å². The smallest absolute Gasteiger partial charge is 0.243 e. The van der Waals surface area contributed by atoms with E-state index >= 15 is 0 Å². The SMILES string of the molecule is CNCC1CCCCN1S(=O)(=O)c1ccc(OC)cc1. The first-order valence-corrected chi connectivity index (χ1v) is 8.34. The zero-order valence-electron chi connectivity index (χ0n) is 12.0.